The fourth-order valence-electron chi connectivity index (χ4n) is 1.80. The van der Waals surface area contributed by atoms with Gasteiger partial charge in [-0.15, -0.1) is 0 Å². The molecule has 3 N–H and O–H groups in total. The fourth-order valence-corrected chi connectivity index (χ4v) is 2.27. The molecule has 1 atom stereocenters. The van der Waals surface area contributed by atoms with Crippen molar-refractivity contribution in [1.82, 2.24) is 10.6 Å². The third kappa shape index (κ3) is 6.82. The van der Waals surface area contributed by atoms with Gasteiger partial charge < -0.3 is 15.7 Å². The van der Waals surface area contributed by atoms with Gasteiger partial charge in [0.1, 0.15) is 17.6 Å². The van der Waals surface area contributed by atoms with Gasteiger partial charge >= 0.3 is 5.97 Å². The molecule has 0 aromatic heterocycles. The molecule has 0 spiro atoms. The van der Waals surface area contributed by atoms with Crippen LogP contribution >= 0.6 is 11.8 Å². The van der Waals surface area contributed by atoms with Gasteiger partial charge in [-0.3, -0.25) is 9.59 Å². The number of aliphatic carboxylic acids is 1. The quantitative estimate of drug-likeness (QED) is 0.617. The smallest absolute Gasteiger partial charge is 0.326 e. The first-order valence-electron chi connectivity index (χ1n) is 7.11. The number of halogens is 1. The maximum atomic E-state index is 12.9. The molecule has 24 heavy (non-hydrogen) atoms. The fraction of sp³-hybridized carbons (Fsp3) is 0.312. The van der Waals surface area contributed by atoms with Crippen molar-refractivity contribution in [1.29, 1.82) is 0 Å². The molecular weight excluding hydrogens is 335 g/mol. The average molecular weight is 354 g/mol. The number of benzene rings is 1. The molecule has 1 aromatic rings. The number of carbonyl (C=O) groups excluding carboxylic acids is 2. The first-order valence-corrected chi connectivity index (χ1v) is 8.50. The summed E-state index contributed by atoms with van der Waals surface area (Å²) >= 11 is 1.46. The number of amides is 2. The predicted molar refractivity (Wildman–Crippen MR) is 90.8 cm³/mol. The molecule has 1 rings (SSSR count). The Balaban J connectivity index is 2.97. The zero-order valence-electron chi connectivity index (χ0n) is 13.3. The van der Waals surface area contributed by atoms with Crippen molar-refractivity contribution in [3.8, 4) is 0 Å². The van der Waals surface area contributed by atoms with Crippen molar-refractivity contribution >= 4 is 35.6 Å². The summed E-state index contributed by atoms with van der Waals surface area (Å²) in [6.45, 7) is 1.23. The standard InChI is InChI=1S/C16H19FN2O4S/c1-10(20)18-14(9-11-3-5-12(17)6-4-11)15(21)19-13(16(22)23)7-8-24-2/h3-6,9,13H,7-8H2,1-2H3,(H,18,20)(H,19,21)(H,22,23)/b14-9-/t13-/m1/s1. The van der Waals surface area contributed by atoms with Crippen LogP contribution in [0, 0.1) is 5.82 Å². The third-order valence-electron chi connectivity index (χ3n) is 2.95. The minimum absolute atomic E-state index is 0.107. The Labute approximate surface area is 143 Å². The van der Waals surface area contributed by atoms with Gasteiger partial charge in [-0.25, -0.2) is 9.18 Å². The van der Waals surface area contributed by atoms with Gasteiger partial charge in [-0.05, 0) is 42.2 Å². The number of thioether (sulfide) groups is 1. The summed E-state index contributed by atoms with van der Waals surface area (Å²) in [5, 5.41) is 13.9. The first-order chi connectivity index (χ1) is 11.3. The monoisotopic (exact) mass is 354 g/mol. The van der Waals surface area contributed by atoms with Crippen LogP contribution in [0.4, 0.5) is 4.39 Å². The van der Waals surface area contributed by atoms with Crippen LogP contribution in [0.15, 0.2) is 30.0 Å². The number of nitrogens with one attached hydrogen (secondary N) is 2. The van der Waals surface area contributed by atoms with E-state index in [9.17, 15) is 18.8 Å². The second-order valence-corrected chi connectivity index (χ2v) is 5.92. The second-order valence-electron chi connectivity index (χ2n) is 4.94. The minimum Gasteiger partial charge on any atom is -0.480 e. The lowest BCUT2D eigenvalue weighted by Gasteiger charge is -2.16. The van der Waals surface area contributed by atoms with E-state index in [1.807, 2.05) is 6.26 Å². The van der Waals surface area contributed by atoms with Crippen molar-refractivity contribution in [3.63, 3.8) is 0 Å². The van der Waals surface area contributed by atoms with Crippen molar-refractivity contribution in [3.05, 3.63) is 41.3 Å². The normalized spacial score (nSPS) is 12.4. The predicted octanol–water partition coefficient (Wildman–Crippen LogP) is 1.63. The van der Waals surface area contributed by atoms with Crippen molar-refractivity contribution < 1.29 is 23.9 Å². The van der Waals surface area contributed by atoms with Crippen molar-refractivity contribution in [2.75, 3.05) is 12.0 Å². The molecule has 130 valence electrons. The van der Waals surface area contributed by atoms with E-state index in [1.165, 1.54) is 49.0 Å². The van der Waals surface area contributed by atoms with Gasteiger partial charge in [0.15, 0.2) is 0 Å². The van der Waals surface area contributed by atoms with E-state index in [-0.39, 0.29) is 12.1 Å². The number of carbonyl (C=O) groups is 3. The largest absolute Gasteiger partial charge is 0.480 e. The number of hydrogen-bond donors (Lipinski definition) is 3. The van der Waals surface area contributed by atoms with Crippen LogP contribution in [0.1, 0.15) is 18.9 Å². The highest BCUT2D eigenvalue weighted by Crippen LogP contribution is 2.08. The highest BCUT2D eigenvalue weighted by Gasteiger charge is 2.22. The number of carboxylic acid groups (broad SMARTS) is 1. The Morgan fingerprint density at radius 2 is 1.92 bits per heavy atom. The molecule has 0 unspecified atom stereocenters. The number of hydrogen-bond acceptors (Lipinski definition) is 4. The van der Waals surface area contributed by atoms with Gasteiger partial charge in [0.25, 0.3) is 5.91 Å². The molecule has 0 bridgehead atoms. The zero-order valence-corrected chi connectivity index (χ0v) is 14.2. The maximum Gasteiger partial charge on any atom is 0.326 e. The summed E-state index contributed by atoms with van der Waals surface area (Å²) in [5.74, 6) is -2.21. The summed E-state index contributed by atoms with van der Waals surface area (Å²) < 4.78 is 12.9. The van der Waals surface area contributed by atoms with E-state index >= 15 is 0 Å². The SMILES string of the molecule is CSCC[C@@H](NC(=O)/C(=C/c1ccc(F)cc1)NC(C)=O)C(=O)O. The second kappa shape index (κ2) is 9.71. The van der Waals surface area contributed by atoms with Crippen LogP contribution in [0.3, 0.4) is 0 Å². The number of carboxylic acids is 1. The maximum absolute atomic E-state index is 12.9. The van der Waals surface area contributed by atoms with Crippen LogP contribution in [0.2, 0.25) is 0 Å². The summed E-state index contributed by atoms with van der Waals surface area (Å²) in [6.07, 6.45) is 3.44. The summed E-state index contributed by atoms with van der Waals surface area (Å²) in [4.78, 5) is 34.8. The molecule has 0 aliphatic heterocycles. The van der Waals surface area contributed by atoms with E-state index in [1.54, 1.807) is 0 Å². The molecule has 6 nitrogen and oxygen atoms in total. The Kier molecular flexibility index (Phi) is 7.97. The number of rotatable bonds is 8. The van der Waals surface area contributed by atoms with Crippen LogP contribution in [0.25, 0.3) is 6.08 Å². The van der Waals surface area contributed by atoms with Gasteiger partial charge in [0, 0.05) is 6.92 Å². The third-order valence-corrected chi connectivity index (χ3v) is 3.59. The highest BCUT2D eigenvalue weighted by atomic mass is 32.2. The zero-order chi connectivity index (χ0) is 18.1. The van der Waals surface area contributed by atoms with Crippen molar-refractivity contribution in [2.24, 2.45) is 0 Å². The van der Waals surface area contributed by atoms with Crippen LogP contribution < -0.4 is 10.6 Å². The molecular formula is C16H19FN2O4S. The molecule has 8 heteroatoms. The Morgan fingerprint density at radius 3 is 2.42 bits per heavy atom. The van der Waals surface area contributed by atoms with Crippen LogP contribution in [-0.2, 0) is 14.4 Å². The van der Waals surface area contributed by atoms with Crippen molar-refractivity contribution in [2.45, 2.75) is 19.4 Å². The van der Waals surface area contributed by atoms with Gasteiger partial charge in [-0.1, -0.05) is 12.1 Å². The van der Waals surface area contributed by atoms with Crippen LogP contribution in [-0.4, -0.2) is 40.9 Å². The molecule has 0 heterocycles. The van der Waals surface area contributed by atoms with Gasteiger partial charge in [-0.2, -0.15) is 11.8 Å². The molecule has 0 aliphatic rings. The minimum atomic E-state index is -1.15. The summed E-state index contributed by atoms with van der Waals surface area (Å²) in [5.41, 5.74) is 0.385. The lowest BCUT2D eigenvalue weighted by Crippen LogP contribution is -2.44. The molecule has 2 amide bonds. The molecule has 0 fully saturated rings. The van der Waals surface area contributed by atoms with Gasteiger partial charge in [0.2, 0.25) is 5.91 Å². The Morgan fingerprint density at radius 1 is 1.29 bits per heavy atom. The lowest BCUT2D eigenvalue weighted by atomic mass is 10.1. The molecule has 0 radical (unpaired) electrons. The average Bonchev–Trinajstić information content (AvgIpc) is 2.52. The summed E-state index contributed by atoms with van der Waals surface area (Å²) in [6, 6.07) is 4.25. The molecule has 0 aliphatic carbocycles. The summed E-state index contributed by atoms with van der Waals surface area (Å²) in [7, 11) is 0. The van der Waals surface area contributed by atoms with Crippen LogP contribution in [0.5, 0.6) is 0 Å². The van der Waals surface area contributed by atoms with E-state index in [4.69, 9.17) is 5.11 Å². The molecule has 1 aromatic carbocycles. The van der Waals surface area contributed by atoms with E-state index < -0.39 is 29.6 Å². The van der Waals surface area contributed by atoms with E-state index in [0.29, 0.717) is 11.3 Å². The highest BCUT2D eigenvalue weighted by molar-refractivity contribution is 7.98. The van der Waals surface area contributed by atoms with E-state index in [0.717, 1.165) is 0 Å². The Hall–Kier alpha value is -2.35. The molecule has 0 saturated carbocycles. The van der Waals surface area contributed by atoms with Gasteiger partial charge in [0.05, 0.1) is 0 Å². The lowest BCUT2D eigenvalue weighted by molar-refractivity contribution is -0.141. The topological polar surface area (TPSA) is 95.5 Å². The first kappa shape index (κ1) is 19.7. The molecule has 0 saturated heterocycles. The van der Waals surface area contributed by atoms with E-state index in [2.05, 4.69) is 10.6 Å². The Bertz CT molecular complexity index is 631.